The lowest BCUT2D eigenvalue weighted by atomic mass is 10.1. The van der Waals surface area contributed by atoms with E-state index in [4.69, 9.17) is 0 Å². The van der Waals surface area contributed by atoms with E-state index >= 15 is 0 Å². The maximum atomic E-state index is 12.1. The number of amides is 1. The summed E-state index contributed by atoms with van der Waals surface area (Å²) in [5.74, 6) is 0.0180. The predicted molar refractivity (Wildman–Crippen MR) is 90.0 cm³/mol. The Morgan fingerprint density at radius 1 is 1.38 bits per heavy atom. The van der Waals surface area contributed by atoms with Gasteiger partial charge in [-0.1, -0.05) is 19.1 Å². The zero-order valence-electron chi connectivity index (χ0n) is 12.6. The minimum atomic E-state index is 0.0117. The molecule has 0 fully saturated rings. The quantitative estimate of drug-likeness (QED) is 0.822. The van der Waals surface area contributed by atoms with E-state index in [9.17, 15) is 4.79 Å². The molecule has 1 aromatic carbocycles. The van der Waals surface area contributed by atoms with Gasteiger partial charge >= 0.3 is 0 Å². The van der Waals surface area contributed by atoms with E-state index in [1.165, 1.54) is 4.90 Å². The molecular formula is C16H20N2OS2. The van der Waals surface area contributed by atoms with Gasteiger partial charge in [0.05, 0.1) is 23.2 Å². The zero-order chi connectivity index (χ0) is 15.2. The van der Waals surface area contributed by atoms with Crippen molar-refractivity contribution in [2.45, 2.75) is 37.6 Å². The number of carbonyl (C=O) groups is 1. The predicted octanol–water partition coefficient (Wildman–Crippen LogP) is 3.85. The van der Waals surface area contributed by atoms with Crippen molar-refractivity contribution in [2.75, 3.05) is 6.26 Å². The van der Waals surface area contributed by atoms with Crippen LogP contribution < -0.4 is 5.32 Å². The number of carbonyl (C=O) groups excluding carboxylic acids is 1. The van der Waals surface area contributed by atoms with E-state index in [0.29, 0.717) is 6.42 Å². The summed E-state index contributed by atoms with van der Waals surface area (Å²) in [5, 5.41) is 6.08. The number of hydrogen-bond donors (Lipinski definition) is 1. The summed E-state index contributed by atoms with van der Waals surface area (Å²) in [5.41, 5.74) is 1.98. The van der Waals surface area contributed by atoms with Crippen LogP contribution in [0, 0.1) is 0 Å². The number of aryl methyl sites for hydroxylation is 1. The van der Waals surface area contributed by atoms with Gasteiger partial charge in [0.15, 0.2) is 0 Å². The third kappa shape index (κ3) is 4.58. The number of benzene rings is 1. The summed E-state index contributed by atoms with van der Waals surface area (Å²) in [7, 11) is 0. The van der Waals surface area contributed by atoms with Crippen LogP contribution in [0.5, 0.6) is 0 Å². The van der Waals surface area contributed by atoms with Crippen LogP contribution in [0.15, 0.2) is 34.5 Å². The highest BCUT2D eigenvalue weighted by atomic mass is 32.2. The molecule has 1 aromatic heterocycles. The van der Waals surface area contributed by atoms with Gasteiger partial charge in [-0.25, -0.2) is 4.98 Å². The Morgan fingerprint density at radius 2 is 2.10 bits per heavy atom. The minimum absolute atomic E-state index is 0.0117. The van der Waals surface area contributed by atoms with Crippen molar-refractivity contribution >= 4 is 29.0 Å². The van der Waals surface area contributed by atoms with Gasteiger partial charge < -0.3 is 5.32 Å². The number of thioether (sulfide) groups is 1. The summed E-state index contributed by atoms with van der Waals surface area (Å²) in [6.45, 7) is 4.08. The molecule has 0 radical (unpaired) electrons. The topological polar surface area (TPSA) is 42.0 Å². The number of hydrogen-bond acceptors (Lipinski definition) is 4. The standard InChI is InChI=1S/C16H20N2OS2/c1-4-16-18-13(10-21-16)9-15(19)17-11(2)12-5-7-14(20-3)8-6-12/h5-8,10-11H,4,9H2,1-3H3,(H,17,19). The van der Waals surface area contributed by atoms with Gasteiger partial charge in [-0.05, 0) is 37.3 Å². The number of nitrogens with zero attached hydrogens (tertiary/aromatic N) is 1. The van der Waals surface area contributed by atoms with E-state index in [2.05, 4.69) is 47.7 Å². The molecule has 112 valence electrons. The maximum Gasteiger partial charge on any atom is 0.226 e. The zero-order valence-corrected chi connectivity index (χ0v) is 14.2. The second kappa shape index (κ2) is 7.61. The van der Waals surface area contributed by atoms with Crippen LogP contribution in [0.4, 0.5) is 0 Å². The first-order chi connectivity index (χ1) is 10.1. The highest BCUT2D eigenvalue weighted by molar-refractivity contribution is 7.98. The van der Waals surface area contributed by atoms with Crippen LogP contribution in [0.3, 0.4) is 0 Å². The van der Waals surface area contributed by atoms with Gasteiger partial charge in [0, 0.05) is 10.3 Å². The fourth-order valence-electron chi connectivity index (χ4n) is 2.03. The van der Waals surface area contributed by atoms with Gasteiger partial charge in [-0.15, -0.1) is 23.1 Å². The van der Waals surface area contributed by atoms with Gasteiger partial charge in [0.2, 0.25) is 5.91 Å². The molecule has 0 aliphatic carbocycles. The molecule has 1 N–H and O–H groups in total. The second-order valence-electron chi connectivity index (χ2n) is 4.83. The molecule has 3 nitrogen and oxygen atoms in total. The molecule has 0 aliphatic rings. The average Bonchev–Trinajstić information content (AvgIpc) is 2.94. The van der Waals surface area contributed by atoms with Crippen LogP contribution >= 0.6 is 23.1 Å². The van der Waals surface area contributed by atoms with E-state index in [1.54, 1.807) is 23.1 Å². The third-order valence-electron chi connectivity index (χ3n) is 3.24. The Morgan fingerprint density at radius 3 is 2.67 bits per heavy atom. The van der Waals surface area contributed by atoms with Crippen LogP contribution in [0.1, 0.15) is 36.2 Å². The van der Waals surface area contributed by atoms with Crippen molar-refractivity contribution in [1.82, 2.24) is 10.3 Å². The lowest BCUT2D eigenvalue weighted by molar-refractivity contribution is -0.121. The van der Waals surface area contributed by atoms with Gasteiger partial charge in [-0.3, -0.25) is 4.79 Å². The van der Waals surface area contributed by atoms with Gasteiger partial charge in [0.25, 0.3) is 0 Å². The first kappa shape index (κ1) is 16.0. The first-order valence-electron chi connectivity index (χ1n) is 6.99. The smallest absolute Gasteiger partial charge is 0.226 e. The van der Waals surface area contributed by atoms with Crippen LogP contribution in [-0.2, 0) is 17.6 Å². The lowest BCUT2D eigenvalue weighted by Gasteiger charge is -2.14. The maximum absolute atomic E-state index is 12.1. The number of thiazole rings is 1. The SMILES string of the molecule is CCc1nc(CC(=O)NC(C)c2ccc(SC)cc2)cs1. The van der Waals surface area contributed by atoms with Crippen LogP contribution in [-0.4, -0.2) is 17.1 Å². The molecular weight excluding hydrogens is 300 g/mol. The van der Waals surface area contributed by atoms with Gasteiger partial charge in [0.1, 0.15) is 0 Å². The summed E-state index contributed by atoms with van der Waals surface area (Å²) in [6.07, 6.45) is 3.33. The molecule has 5 heteroatoms. The third-order valence-corrected chi connectivity index (χ3v) is 5.02. The molecule has 0 saturated heterocycles. The number of nitrogens with one attached hydrogen (secondary N) is 1. The van der Waals surface area contributed by atoms with Crippen LogP contribution in [0.25, 0.3) is 0 Å². The second-order valence-corrected chi connectivity index (χ2v) is 6.65. The Hall–Kier alpha value is -1.33. The molecule has 1 unspecified atom stereocenters. The summed E-state index contributed by atoms with van der Waals surface area (Å²) in [6, 6.07) is 8.30. The fourth-order valence-corrected chi connectivity index (χ4v) is 3.18. The normalized spacial score (nSPS) is 12.1. The molecule has 21 heavy (non-hydrogen) atoms. The van der Waals surface area contributed by atoms with Gasteiger partial charge in [-0.2, -0.15) is 0 Å². The molecule has 0 saturated carbocycles. The van der Waals surface area contributed by atoms with Crippen molar-refractivity contribution in [3.05, 3.63) is 45.9 Å². The summed E-state index contributed by atoms with van der Waals surface area (Å²) >= 11 is 3.33. The molecule has 1 heterocycles. The Bertz CT molecular complexity index is 593. The number of aromatic nitrogens is 1. The van der Waals surface area contributed by atoms with Crippen molar-refractivity contribution in [3.8, 4) is 0 Å². The molecule has 1 amide bonds. The highest BCUT2D eigenvalue weighted by Gasteiger charge is 2.11. The average molecular weight is 320 g/mol. The molecule has 2 rings (SSSR count). The lowest BCUT2D eigenvalue weighted by Crippen LogP contribution is -2.28. The first-order valence-corrected chi connectivity index (χ1v) is 9.09. The fraction of sp³-hybridized carbons (Fsp3) is 0.375. The minimum Gasteiger partial charge on any atom is -0.349 e. The highest BCUT2D eigenvalue weighted by Crippen LogP contribution is 2.19. The summed E-state index contributed by atoms with van der Waals surface area (Å²) < 4.78 is 0. The molecule has 0 bridgehead atoms. The van der Waals surface area contributed by atoms with Crippen molar-refractivity contribution in [2.24, 2.45) is 0 Å². The number of rotatable bonds is 6. The van der Waals surface area contributed by atoms with E-state index < -0.39 is 0 Å². The van der Waals surface area contributed by atoms with E-state index in [-0.39, 0.29) is 11.9 Å². The van der Waals surface area contributed by atoms with Crippen LogP contribution in [0.2, 0.25) is 0 Å². The molecule has 1 atom stereocenters. The van der Waals surface area contributed by atoms with Crippen molar-refractivity contribution in [1.29, 1.82) is 0 Å². The Balaban J connectivity index is 1.91. The largest absolute Gasteiger partial charge is 0.349 e. The van der Waals surface area contributed by atoms with E-state index in [1.807, 2.05) is 12.3 Å². The Kier molecular flexibility index (Phi) is 5.82. The molecule has 0 spiro atoms. The van der Waals surface area contributed by atoms with Crippen molar-refractivity contribution < 1.29 is 4.79 Å². The molecule has 2 aromatic rings. The van der Waals surface area contributed by atoms with Crippen molar-refractivity contribution in [3.63, 3.8) is 0 Å². The molecule has 0 aliphatic heterocycles. The van der Waals surface area contributed by atoms with E-state index in [0.717, 1.165) is 22.7 Å². The monoisotopic (exact) mass is 320 g/mol. The Labute approximate surface area is 134 Å². The summed E-state index contributed by atoms with van der Waals surface area (Å²) in [4.78, 5) is 17.7.